The van der Waals surface area contributed by atoms with E-state index in [2.05, 4.69) is 33.9 Å². The van der Waals surface area contributed by atoms with Gasteiger partial charge in [0.15, 0.2) is 0 Å². The Bertz CT molecular complexity index is 1130. The Kier molecular flexibility index (Phi) is 10.1. The van der Waals surface area contributed by atoms with Gasteiger partial charge in [0.25, 0.3) is 0 Å². The number of carbonyl (C=O) groups is 3. The molecule has 0 aromatic heterocycles. The first-order chi connectivity index (χ1) is 19.7. The zero-order valence-corrected chi connectivity index (χ0v) is 25.8. The van der Waals surface area contributed by atoms with E-state index in [1.54, 1.807) is 28.8 Å². The van der Waals surface area contributed by atoms with E-state index in [0.29, 0.717) is 39.0 Å². The summed E-state index contributed by atoms with van der Waals surface area (Å²) in [5.74, 6) is -1.24. The van der Waals surface area contributed by atoms with Crippen LogP contribution in [0, 0.1) is 11.8 Å². The first-order valence-corrected chi connectivity index (χ1v) is 16.0. The van der Waals surface area contributed by atoms with Crippen molar-refractivity contribution in [1.29, 1.82) is 0 Å². The number of nitrogens with zero attached hydrogens (tertiary/aromatic N) is 3. The van der Waals surface area contributed by atoms with Crippen molar-refractivity contribution in [3.8, 4) is 0 Å². The molecule has 6 atom stereocenters. The van der Waals surface area contributed by atoms with Crippen molar-refractivity contribution >= 4 is 29.5 Å². The van der Waals surface area contributed by atoms with Crippen LogP contribution in [0.3, 0.4) is 0 Å². The monoisotopic (exact) mass is 581 g/mol. The van der Waals surface area contributed by atoms with Gasteiger partial charge in [-0.15, -0.1) is 24.9 Å². The first-order valence-electron chi connectivity index (χ1n) is 15.2. The standard InChI is InChI=1S/C33H47N3O4S/c1-6-14-24(4)35(20-8-3)31(40)28-33-18-17-32(5,41-33)26(27(33)30(39)36(28)21-12-13-22-37)29(38)34(19-7-2)23-25-15-10-9-11-16-25/h7-11,15-16,24,26-28,37H,2-3,6,12-14,17-23H2,1,4-5H3/t24?,26-,27-,28?,32+,33?/m0/s1. The van der Waals surface area contributed by atoms with Gasteiger partial charge >= 0.3 is 0 Å². The lowest BCUT2D eigenvalue weighted by atomic mass is 9.66. The maximum absolute atomic E-state index is 14.5. The predicted molar refractivity (Wildman–Crippen MR) is 165 cm³/mol. The summed E-state index contributed by atoms with van der Waals surface area (Å²) in [5, 5.41) is 9.47. The topological polar surface area (TPSA) is 81.2 Å². The molecule has 8 heteroatoms. The molecule has 4 rings (SSSR count). The van der Waals surface area contributed by atoms with Crippen LogP contribution < -0.4 is 0 Å². The molecule has 0 radical (unpaired) electrons. The fourth-order valence-electron chi connectivity index (χ4n) is 7.46. The highest BCUT2D eigenvalue weighted by molar-refractivity contribution is 8.02. The lowest BCUT2D eigenvalue weighted by Gasteiger charge is -2.39. The summed E-state index contributed by atoms with van der Waals surface area (Å²) in [6.07, 6.45) is 7.99. The molecule has 0 saturated carbocycles. The minimum atomic E-state index is -0.652. The fourth-order valence-corrected chi connectivity index (χ4v) is 9.81. The van der Waals surface area contributed by atoms with Crippen LogP contribution in [0.1, 0.15) is 64.9 Å². The summed E-state index contributed by atoms with van der Waals surface area (Å²) in [6.45, 7) is 15.8. The molecule has 224 valence electrons. The van der Waals surface area contributed by atoms with Crippen LogP contribution in [0.4, 0.5) is 0 Å². The van der Waals surface area contributed by atoms with Crippen molar-refractivity contribution in [2.45, 2.75) is 87.4 Å². The van der Waals surface area contributed by atoms with E-state index in [1.165, 1.54) is 0 Å². The molecule has 2 bridgehead atoms. The van der Waals surface area contributed by atoms with E-state index in [0.717, 1.165) is 31.2 Å². The molecule has 1 N–H and O–H groups in total. The van der Waals surface area contributed by atoms with E-state index in [4.69, 9.17) is 0 Å². The number of aliphatic hydroxyl groups excluding tert-OH is 1. The van der Waals surface area contributed by atoms with Gasteiger partial charge in [0, 0.05) is 43.6 Å². The number of rotatable bonds is 15. The SMILES string of the molecule is C=CCN(Cc1ccccc1)C(=O)[C@@H]1[C@H]2C(=O)N(CCCCO)C(C(=O)N(CC=C)C(C)CCC)C23CC[C@@]1(C)S3. The summed E-state index contributed by atoms with van der Waals surface area (Å²) in [4.78, 5) is 48.9. The summed E-state index contributed by atoms with van der Waals surface area (Å²) in [5.41, 5.74) is 1.03. The second kappa shape index (κ2) is 13.2. The zero-order valence-electron chi connectivity index (χ0n) is 25.0. The van der Waals surface area contributed by atoms with Crippen molar-refractivity contribution in [3.63, 3.8) is 0 Å². The summed E-state index contributed by atoms with van der Waals surface area (Å²) < 4.78 is -1.08. The van der Waals surface area contributed by atoms with Crippen molar-refractivity contribution in [2.24, 2.45) is 11.8 Å². The number of hydrogen-bond acceptors (Lipinski definition) is 5. The first kappa shape index (κ1) is 31.4. The Morgan fingerprint density at radius 1 is 1.15 bits per heavy atom. The van der Waals surface area contributed by atoms with Gasteiger partial charge in [0.2, 0.25) is 17.7 Å². The van der Waals surface area contributed by atoms with Crippen LogP contribution in [0.25, 0.3) is 0 Å². The van der Waals surface area contributed by atoms with E-state index in [1.807, 2.05) is 40.1 Å². The van der Waals surface area contributed by atoms with Crippen LogP contribution in [-0.2, 0) is 20.9 Å². The molecule has 41 heavy (non-hydrogen) atoms. The van der Waals surface area contributed by atoms with E-state index < -0.39 is 27.4 Å². The maximum atomic E-state index is 14.5. The molecule has 1 aromatic rings. The Hall–Kier alpha value is -2.58. The molecule has 7 nitrogen and oxygen atoms in total. The number of unbranched alkanes of at least 4 members (excludes halogenated alkanes) is 1. The number of fused-ring (bicyclic) bond motifs is 1. The van der Waals surface area contributed by atoms with E-state index >= 15 is 0 Å². The summed E-state index contributed by atoms with van der Waals surface area (Å²) in [6, 6.07) is 9.27. The fraction of sp³-hybridized carbons (Fsp3) is 0.606. The lowest BCUT2D eigenvalue weighted by Crippen LogP contribution is -2.56. The smallest absolute Gasteiger partial charge is 0.247 e. The van der Waals surface area contributed by atoms with Crippen molar-refractivity contribution < 1.29 is 19.5 Å². The average Bonchev–Trinajstić information content (AvgIpc) is 3.52. The number of hydrogen-bond donors (Lipinski definition) is 1. The molecular formula is C33H47N3O4S. The third-order valence-electron chi connectivity index (χ3n) is 9.31. The second-order valence-corrected chi connectivity index (χ2v) is 14.0. The Morgan fingerprint density at radius 2 is 1.85 bits per heavy atom. The third-order valence-corrected chi connectivity index (χ3v) is 11.3. The molecule has 1 aromatic carbocycles. The lowest BCUT2D eigenvalue weighted by molar-refractivity contribution is -0.146. The molecule has 3 heterocycles. The van der Waals surface area contributed by atoms with Crippen LogP contribution in [0.2, 0.25) is 0 Å². The molecule has 1 spiro atoms. The molecule has 3 amide bonds. The number of thioether (sulfide) groups is 1. The molecule has 3 aliphatic heterocycles. The minimum absolute atomic E-state index is 0.0147. The quantitative estimate of drug-likeness (QED) is 0.241. The van der Waals surface area contributed by atoms with Gasteiger partial charge in [-0.05, 0) is 51.5 Å². The predicted octanol–water partition coefficient (Wildman–Crippen LogP) is 4.66. The highest BCUT2D eigenvalue weighted by atomic mass is 32.2. The Morgan fingerprint density at radius 3 is 2.49 bits per heavy atom. The molecule has 3 aliphatic rings. The summed E-state index contributed by atoms with van der Waals surface area (Å²) >= 11 is 1.72. The largest absolute Gasteiger partial charge is 0.396 e. The van der Waals surface area contributed by atoms with E-state index in [-0.39, 0.29) is 30.4 Å². The molecular weight excluding hydrogens is 534 g/mol. The van der Waals surface area contributed by atoms with Crippen LogP contribution in [-0.4, -0.2) is 85.3 Å². The summed E-state index contributed by atoms with van der Waals surface area (Å²) in [7, 11) is 0. The van der Waals surface area contributed by atoms with E-state index in [9.17, 15) is 19.5 Å². The Balaban J connectivity index is 1.74. The maximum Gasteiger partial charge on any atom is 0.247 e. The normalized spacial score (nSPS) is 28.8. The number of carbonyl (C=O) groups excluding carboxylic acids is 3. The van der Waals surface area contributed by atoms with Crippen LogP contribution >= 0.6 is 11.8 Å². The zero-order chi connectivity index (χ0) is 29.8. The van der Waals surface area contributed by atoms with Gasteiger partial charge in [0.05, 0.1) is 16.6 Å². The number of benzene rings is 1. The van der Waals surface area contributed by atoms with Crippen molar-refractivity contribution in [3.05, 3.63) is 61.2 Å². The van der Waals surface area contributed by atoms with Gasteiger partial charge in [-0.1, -0.05) is 55.8 Å². The minimum Gasteiger partial charge on any atom is -0.396 e. The third kappa shape index (κ3) is 5.74. The highest BCUT2D eigenvalue weighted by Crippen LogP contribution is 2.71. The van der Waals surface area contributed by atoms with Gasteiger partial charge < -0.3 is 19.8 Å². The number of likely N-dealkylation sites (tertiary alicyclic amines) is 1. The highest BCUT2D eigenvalue weighted by Gasteiger charge is 2.77. The Labute approximate surface area is 250 Å². The van der Waals surface area contributed by atoms with Crippen molar-refractivity contribution in [2.75, 3.05) is 26.2 Å². The van der Waals surface area contributed by atoms with Crippen molar-refractivity contribution in [1.82, 2.24) is 14.7 Å². The average molecular weight is 582 g/mol. The van der Waals surface area contributed by atoms with Crippen LogP contribution in [0.5, 0.6) is 0 Å². The molecule has 3 fully saturated rings. The van der Waals surface area contributed by atoms with Crippen LogP contribution in [0.15, 0.2) is 55.6 Å². The second-order valence-electron chi connectivity index (χ2n) is 12.1. The number of amides is 3. The van der Waals surface area contributed by atoms with Gasteiger partial charge in [-0.3, -0.25) is 14.4 Å². The van der Waals surface area contributed by atoms with Gasteiger partial charge in [0.1, 0.15) is 6.04 Å². The van der Waals surface area contributed by atoms with Gasteiger partial charge in [-0.25, -0.2) is 0 Å². The number of aliphatic hydroxyl groups is 1. The molecule has 0 aliphatic carbocycles. The molecule has 3 unspecified atom stereocenters. The molecule has 3 saturated heterocycles. The van der Waals surface area contributed by atoms with Gasteiger partial charge in [-0.2, -0.15) is 0 Å².